The van der Waals surface area contributed by atoms with Gasteiger partial charge in [-0.05, 0) is 29.8 Å². The number of anilines is 1. The van der Waals surface area contributed by atoms with E-state index in [9.17, 15) is 14.0 Å². The van der Waals surface area contributed by atoms with Crippen LogP contribution in [0.3, 0.4) is 0 Å². The van der Waals surface area contributed by atoms with Crippen LogP contribution in [0, 0.1) is 5.82 Å². The predicted molar refractivity (Wildman–Crippen MR) is 98.8 cm³/mol. The molecule has 3 N–H and O–H groups in total. The van der Waals surface area contributed by atoms with Gasteiger partial charge in [-0.1, -0.05) is 24.3 Å². The summed E-state index contributed by atoms with van der Waals surface area (Å²) in [5, 5.41) is 7.85. The number of urea groups is 1. The van der Waals surface area contributed by atoms with Crippen molar-refractivity contribution in [2.45, 2.75) is 6.54 Å². The molecule has 3 amide bonds. The van der Waals surface area contributed by atoms with E-state index in [4.69, 9.17) is 0 Å². The van der Waals surface area contributed by atoms with Crippen LogP contribution in [0.1, 0.15) is 5.56 Å². The smallest absolute Gasteiger partial charge is 0.315 e. The van der Waals surface area contributed by atoms with Crippen LogP contribution in [0.15, 0.2) is 67.3 Å². The zero-order chi connectivity index (χ0) is 19.1. The number of rotatable bonds is 6. The number of carbonyl (C=O) groups is 2. The Kier molecular flexibility index (Phi) is 5.78. The predicted octanol–water partition coefficient (Wildman–Crippen LogP) is 2.45. The van der Waals surface area contributed by atoms with Crippen LogP contribution in [0.5, 0.6) is 0 Å². The van der Waals surface area contributed by atoms with Crippen molar-refractivity contribution in [3.05, 3.63) is 78.6 Å². The molecule has 1 heterocycles. The number of benzene rings is 2. The minimum absolute atomic E-state index is 0.187. The molecule has 1 aromatic heterocycles. The zero-order valence-corrected chi connectivity index (χ0v) is 14.4. The third-order valence-corrected chi connectivity index (χ3v) is 3.74. The van der Waals surface area contributed by atoms with E-state index in [-0.39, 0.29) is 24.8 Å². The molecule has 138 valence electrons. The van der Waals surface area contributed by atoms with Gasteiger partial charge in [0.05, 0.1) is 24.2 Å². The number of halogens is 1. The Labute approximate surface area is 155 Å². The van der Waals surface area contributed by atoms with Crippen LogP contribution in [-0.2, 0) is 11.3 Å². The first-order chi connectivity index (χ1) is 13.1. The monoisotopic (exact) mass is 367 g/mol. The average Bonchev–Trinajstić information content (AvgIpc) is 3.21. The Bertz CT molecular complexity index is 910. The average molecular weight is 367 g/mol. The first-order valence-electron chi connectivity index (χ1n) is 8.25. The van der Waals surface area contributed by atoms with Gasteiger partial charge < -0.3 is 20.5 Å². The molecular weight excluding hydrogens is 349 g/mol. The molecule has 0 aliphatic carbocycles. The zero-order valence-electron chi connectivity index (χ0n) is 14.4. The quantitative estimate of drug-likeness (QED) is 0.625. The number of aromatic nitrogens is 2. The third-order valence-electron chi connectivity index (χ3n) is 3.74. The van der Waals surface area contributed by atoms with E-state index in [0.717, 1.165) is 11.3 Å². The number of nitrogens with zero attached hydrogens (tertiary/aromatic N) is 2. The lowest BCUT2D eigenvalue weighted by Gasteiger charge is -2.12. The Morgan fingerprint density at radius 2 is 1.81 bits per heavy atom. The van der Waals surface area contributed by atoms with E-state index >= 15 is 0 Å². The molecule has 0 bridgehead atoms. The normalized spacial score (nSPS) is 10.3. The number of amides is 3. The molecule has 3 rings (SSSR count). The fourth-order valence-corrected chi connectivity index (χ4v) is 2.41. The van der Waals surface area contributed by atoms with Gasteiger partial charge >= 0.3 is 6.03 Å². The molecule has 0 fully saturated rings. The molecule has 7 nitrogen and oxygen atoms in total. The fourth-order valence-electron chi connectivity index (χ4n) is 2.41. The van der Waals surface area contributed by atoms with Crippen molar-refractivity contribution < 1.29 is 14.0 Å². The van der Waals surface area contributed by atoms with Crippen molar-refractivity contribution in [2.24, 2.45) is 0 Å². The van der Waals surface area contributed by atoms with Gasteiger partial charge in [-0.25, -0.2) is 14.2 Å². The van der Waals surface area contributed by atoms with Crippen LogP contribution in [0.25, 0.3) is 5.69 Å². The largest absolute Gasteiger partial charge is 0.334 e. The summed E-state index contributed by atoms with van der Waals surface area (Å²) < 4.78 is 14.6. The molecule has 0 radical (unpaired) electrons. The highest BCUT2D eigenvalue weighted by atomic mass is 19.1. The van der Waals surface area contributed by atoms with Gasteiger partial charge in [-0.2, -0.15) is 0 Å². The number of carbonyl (C=O) groups excluding carboxylic acids is 2. The molecule has 27 heavy (non-hydrogen) atoms. The number of imidazole rings is 1. The fraction of sp³-hybridized carbons (Fsp3) is 0.105. The highest BCUT2D eigenvalue weighted by Gasteiger charge is 2.09. The second kappa shape index (κ2) is 8.61. The van der Waals surface area contributed by atoms with Crippen LogP contribution in [0.2, 0.25) is 0 Å². The number of hydrogen-bond acceptors (Lipinski definition) is 3. The van der Waals surface area contributed by atoms with Crippen LogP contribution in [-0.4, -0.2) is 28.0 Å². The van der Waals surface area contributed by atoms with E-state index in [1.807, 2.05) is 12.1 Å². The maximum absolute atomic E-state index is 12.8. The first-order valence-corrected chi connectivity index (χ1v) is 8.25. The van der Waals surface area contributed by atoms with Gasteiger partial charge in [0.15, 0.2) is 0 Å². The van der Waals surface area contributed by atoms with E-state index < -0.39 is 6.03 Å². The molecule has 0 unspecified atom stereocenters. The lowest BCUT2D eigenvalue weighted by molar-refractivity contribution is -0.115. The van der Waals surface area contributed by atoms with Crippen LogP contribution < -0.4 is 16.0 Å². The van der Waals surface area contributed by atoms with Crippen molar-refractivity contribution in [3.63, 3.8) is 0 Å². The number of hydrogen-bond donors (Lipinski definition) is 3. The van der Waals surface area contributed by atoms with Crippen molar-refractivity contribution in [3.8, 4) is 5.69 Å². The summed E-state index contributed by atoms with van der Waals surface area (Å²) in [6, 6.07) is 12.6. The molecular formula is C19H18FN5O2. The Hall–Kier alpha value is -3.68. The van der Waals surface area contributed by atoms with E-state index in [1.54, 1.807) is 47.6 Å². The van der Waals surface area contributed by atoms with Gasteiger partial charge in [0.25, 0.3) is 0 Å². The summed E-state index contributed by atoms with van der Waals surface area (Å²) >= 11 is 0. The standard InChI is InChI=1S/C19H18FN5O2/c20-15-7-5-14(6-8-15)11-22-19(27)23-12-18(26)24-16-3-1-2-4-17(16)25-10-9-21-13-25/h1-10,13H,11-12H2,(H,24,26)(H2,22,23,27). The molecule has 2 aromatic carbocycles. The minimum atomic E-state index is -0.489. The summed E-state index contributed by atoms with van der Waals surface area (Å²) in [5.74, 6) is -0.699. The van der Waals surface area contributed by atoms with E-state index in [0.29, 0.717) is 5.69 Å². The summed E-state index contributed by atoms with van der Waals surface area (Å²) in [6.07, 6.45) is 5.05. The van der Waals surface area contributed by atoms with Gasteiger partial charge in [-0.15, -0.1) is 0 Å². The summed E-state index contributed by atoms with van der Waals surface area (Å²) in [6.45, 7) is 0.0463. The molecule has 3 aromatic rings. The molecule has 0 saturated heterocycles. The molecule has 0 aliphatic heterocycles. The van der Waals surface area contributed by atoms with Gasteiger partial charge in [0, 0.05) is 18.9 Å². The van der Waals surface area contributed by atoms with Gasteiger partial charge in [0.1, 0.15) is 5.82 Å². The van der Waals surface area contributed by atoms with Gasteiger partial charge in [-0.3, -0.25) is 4.79 Å². The first kappa shape index (κ1) is 18.1. The number of nitrogens with one attached hydrogen (secondary N) is 3. The lowest BCUT2D eigenvalue weighted by Crippen LogP contribution is -2.39. The summed E-state index contributed by atoms with van der Waals surface area (Å²) in [5.41, 5.74) is 2.13. The van der Waals surface area contributed by atoms with Gasteiger partial charge in [0.2, 0.25) is 5.91 Å². The topological polar surface area (TPSA) is 88.0 Å². The molecule has 0 atom stereocenters. The Morgan fingerprint density at radius 3 is 2.56 bits per heavy atom. The summed E-state index contributed by atoms with van der Waals surface area (Å²) in [7, 11) is 0. The second-order valence-corrected chi connectivity index (χ2v) is 5.70. The molecule has 8 heteroatoms. The number of para-hydroxylation sites is 2. The van der Waals surface area contributed by atoms with E-state index in [2.05, 4.69) is 20.9 Å². The van der Waals surface area contributed by atoms with E-state index in [1.165, 1.54) is 12.1 Å². The van der Waals surface area contributed by atoms with Crippen LogP contribution >= 0.6 is 0 Å². The minimum Gasteiger partial charge on any atom is -0.334 e. The van der Waals surface area contributed by atoms with Crippen molar-refractivity contribution in [1.29, 1.82) is 0 Å². The highest BCUT2D eigenvalue weighted by molar-refractivity contribution is 5.95. The highest BCUT2D eigenvalue weighted by Crippen LogP contribution is 2.19. The molecule has 0 aliphatic rings. The van der Waals surface area contributed by atoms with Crippen molar-refractivity contribution in [2.75, 3.05) is 11.9 Å². The lowest BCUT2D eigenvalue weighted by atomic mass is 10.2. The maximum Gasteiger partial charge on any atom is 0.315 e. The summed E-state index contributed by atoms with van der Waals surface area (Å²) in [4.78, 5) is 27.9. The Balaban J connectivity index is 1.49. The maximum atomic E-state index is 12.8. The van der Waals surface area contributed by atoms with Crippen LogP contribution in [0.4, 0.5) is 14.9 Å². The molecule has 0 saturated carbocycles. The van der Waals surface area contributed by atoms with Crippen molar-refractivity contribution in [1.82, 2.24) is 20.2 Å². The van der Waals surface area contributed by atoms with Crippen molar-refractivity contribution >= 4 is 17.6 Å². The Morgan fingerprint density at radius 1 is 1.04 bits per heavy atom. The third kappa shape index (κ3) is 5.15. The SMILES string of the molecule is O=C(CNC(=O)NCc1ccc(F)cc1)Nc1ccccc1-n1ccnc1. The molecule has 0 spiro atoms. The second-order valence-electron chi connectivity index (χ2n) is 5.70.